The molecule has 0 heterocycles. The van der Waals surface area contributed by atoms with E-state index in [9.17, 15) is 19.0 Å². The minimum atomic E-state index is -4.28. The van der Waals surface area contributed by atoms with Gasteiger partial charge in [0.25, 0.3) is 0 Å². The molecule has 0 amide bonds. The van der Waals surface area contributed by atoms with Crippen molar-refractivity contribution in [3.63, 3.8) is 0 Å². The molecular weight excluding hydrogens is 639 g/mol. The molecular formula is C40H67O8P. The fourth-order valence-electron chi connectivity index (χ4n) is 4.57. The van der Waals surface area contributed by atoms with E-state index < -0.39 is 32.5 Å². The second-order valence-corrected chi connectivity index (χ2v) is 13.5. The predicted octanol–water partition coefficient (Wildman–Crippen LogP) is 11.4. The summed E-state index contributed by atoms with van der Waals surface area (Å²) < 4.78 is 31.8. The Labute approximate surface area is 298 Å². The molecule has 0 aromatic carbocycles. The van der Waals surface area contributed by atoms with Gasteiger partial charge in [-0.1, -0.05) is 125 Å². The van der Waals surface area contributed by atoms with Crippen LogP contribution in [-0.4, -0.2) is 43.3 Å². The molecule has 0 saturated carbocycles. The van der Waals surface area contributed by atoms with Crippen molar-refractivity contribution < 1.29 is 37.6 Å². The van der Waals surface area contributed by atoms with Crippen molar-refractivity contribution in [2.45, 2.75) is 148 Å². The standard InChI is InChI=1S/C40H67O8P/c1-4-6-8-10-12-14-16-18-19-20-21-23-25-27-29-31-33-35-40(42)48-38(37-47-49(43,44)45-3)36-46-39(41)34-32-30-28-26-24-22-17-15-13-11-9-7-5-2/h6,8,12,14-15,17-19,21,23,27,29,38H,4-5,7,9-11,13,16,20,22,24-26,28,30-37H2,1-3H3,(H,43,44)/b8-6-,14-12-,17-15-,19-18-,23-21-,29-27-. The maximum absolute atomic E-state index is 12.4. The summed E-state index contributed by atoms with van der Waals surface area (Å²) in [7, 11) is -3.23. The zero-order valence-corrected chi connectivity index (χ0v) is 31.7. The highest BCUT2D eigenvalue weighted by atomic mass is 31.2. The number of carbonyl (C=O) groups excluding carboxylic acids is 2. The molecule has 8 nitrogen and oxygen atoms in total. The zero-order chi connectivity index (χ0) is 36.1. The van der Waals surface area contributed by atoms with Gasteiger partial charge in [-0.2, -0.15) is 0 Å². The van der Waals surface area contributed by atoms with Crippen molar-refractivity contribution >= 4 is 19.8 Å². The van der Waals surface area contributed by atoms with E-state index in [2.05, 4.69) is 85.2 Å². The second-order valence-electron chi connectivity index (χ2n) is 12.0. The van der Waals surface area contributed by atoms with Crippen LogP contribution in [-0.2, 0) is 32.7 Å². The van der Waals surface area contributed by atoms with Gasteiger partial charge in [0.2, 0.25) is 0 Å². The van der Waals surface area contributed by atoms with Crippen molar-refractivity contribution in [3.8, 4) is 0 Å². The van der Waals surface area contributed by atoms with E-state index in [-0.39, 0.29) is 19.4 Å². The highest BCUT2D eigenvalue weighted by Crippen LogP contribution is 2.42. The Morgan fingerprint density at radius 1 is 0.592 bits per heavy atom. The first kappa shape index (κ1) is 46.5. The van der Waals surface area contributed by atoms with E-state index in [1.807, 2.05) is 6.08 Å². The van der Waals surface area contributed by atoms with Crippen LogP contribution < -0.4 is 0 Å². The number of rotatable bonds is 33. The first-order valence-corrected chi connectivity index (χ1v) is 20.1. The number of carbonyl (C=O) groups is 2. The largest absolute Gasteiger partial charge is 0.472 e. The van der Waals surface area contributed by atoms with Gasteiger partial charge in [-0.15, -0.1) is 0 Å². The highest BCUT2D eigenvalue weighted by molar-refractivity contribution is 7.47. The lowest BCUT2D eigenvalue weighted by atomic mass is 10.1. The van der Waals surface area contributed by atoms with Crippen molar-refractivity contribution in [3.05, 3.63) is 72.9 Å². The first-order valence-electron chi connectivity index (χ1n) is 18.6. The molecule has 0 aliphatic carbocycles. The average Bonchev–Trinajstić information content (AvgIpc) is 3.09. The van der Waals surface area contributed by atoms with Gasteiger partial charge < -0.3 is 14.4 Å². The maximum atomic E-state index is 12.4. The normalized spacial score (nSPS) is 14.3. The quantitative estimate of drug-likeness (QED) is 0.0311. The maximum Gasteiger partial charge on any atom is 0.472 e. The van der Waals surface area contributed by atoms with Crippen LogP contribution in [0.1, 0.15) is 142 Å². The Morgan fingerprint density at radius 3 is 1.63 bits per heavy atom. The summed E-state index contributed by atoms with van der Waals surface area (Å²) in [6.07, 6.45) is 43.9. The topological polar surface area (TPSA) is 108 Å². The monoisotopic (exact) mass is 706 g/mol. The van der Waals surface area contributed by atoms with Crippen LogP contribution in [0.5, 0.6) is 0 Å². The average molecular weight is 707 g/mol. The summed E-state index contributed by atoms with van der Waals surface area (Å²) in [6.45, 7) is 3.68. The number of unbranched alkanes of at least 4 members (excludes halogenated alkanes) is 10. The third kappa shape index (κ3) is 35.1. The lowest BCUT2D eigenvalue weighted by Gasteiger charge is -2.19. The molecule has 0 rings (SSSR count). The van der Waals surface area contributed by atoms with Gasteiger partial charge in [-0.05, 0) is 77.0 Å². The third-order valence-corrected chi connectivity index (χ3v) is 8.37. The molecule has 0 aliphatic rings. The fourth-order valence-corrected chi connectivity index (χ4v) is 5.03. The summed E-state index contributed by atoms with van der Waals surface area (Å²) in [5, 5.41) is 0. The SMILES string of the molecule is CC/C=C\C/C=C\C/C=C\C/C=C\C/C=C\CCCC(=O)OC(COC(=O)CCCCCCC/C=C\CCCCCC)COP(=O)(O)OC. The van der Waals surface area contributed by atoms with Gasteiger partial charge in [0.1, 0.15) is 6.61 Å². The molecule has 0 aromatic rings. The van der Waals surface area contributed by atoms with Crippen LogP contribution in [0, 0.1) is 0 Å². The molecule has 0 spiro atoms. The molecule has 0 saturated heterocycles. The van der Waals surface area contributed by atoms with Gasteiger partial charge in [0.15, 0.2) is 6.10 Å². The van der Waals surface area contributed by atoms with E-state index in [1.165, 1.54) is 32.1 Å². The molecule has 0 bridgehead atoms. The summed E-state index contributed by atoms with van der Waals surface area (Å²) in [4.78, 5) is 34.3. The Kier molecular flexibility index (Phi) is 33.5. The Bertz CT molecular complexity index is 1030. The zero-order valence-electron chi connectivity index (χ0n) is 30.8. The van der Waals surface area contributed by atoms with Crippen LogP contribution in [0.3, 0.4) is 0 Å². The van der Waals surface area contributed by atoms with Crippen LogP contribution >= 0.6 is 7.82 Å². The molecule has 2 atom stereocenters. The van der Waals surface area contributed by atoms with E-state index in [4.69, 9.17) is 14.0 Å². The number of allylic oxidation sites excluding steroid dienone is 12. The van der Waals surface area contributed by atoms with E-state index in [0.717, 1.165) is 77.7 Å². The van der Waals surface area contributed by atoms with Crippen LogP contribution in [0.15, 0.2) is 72.9 Å². The van der Waals surface area contributed by atoms with E-state index >= 15 is 0 Å². The van der Waals surface area contributed by atoms with Gasteiger partial charge in [-0.25, -0.2) is 4.57 Å². The number of hydrogen-bond acceptors (Lipinski definition) is 7. The number of ether oxygens (including phenoxy) is 2. The van der Waals surface area contributed by atoms with Crippen LogP contribution in [0.25, 0.3) is 0 Å². The smallest absolute Gasteiger partial charge is 0.462 e. The van der Waals surface area contributed by atoms with Crippen molar-refractivity contribution in [2.24, 2.45) is 0 Å². The summed E-state index contributed by atoms with van der Waals surface area (Å²) in [5.41, 5.74) is 0. The Hall–Kier alpha value is -2.51. The molecule has 0 fully saturated rings. The third-order valence-electron chi connectivity index (χ3n) is 7.43. The number of esters is 2. The predicted molar refractivity (Wildman–Crippen MR) is 202 cm³/mol. The molecule has 49 heavy (non-hydrogen) atoms. The van der Waals surface area contributed by atoms with Crippen molar-refractivity contribution in [2.75, 3.05) is 20.3 Å². The number of phosphoric ester groups is 1. The first-order chi connectivity index (χ1) is 23.8. The minimum absolute atomic E-state index is 0.161. The van der Waals surface area contributed by atoms with Crippen molar-refractivity contribution in [1.82, 2.24) is 0 Å². The molecule has 0 aromatic heterocycles. The fraction of sp³-hybridized carbons (Fsp3) is 0.650. The number of phosphoric acid groups is 1. The summed E-state index contributed by atoms with van der Waals surface area (Å²) >= 11 is 0. The summed E-state index contributed by atoms with van der Waals surface area (Å²) in [6, 6.07) is 0. The Balaban J connectivity index is 4.22. The van der Waals surface area contributed by atoms with E-state index in [1.54, 1.807) is 0 Å². The van der Waals surface area contributed by atoms with Gasteiger partial charge >= 0.3 is 19.8 Å². The van der Waals surface area contributed by atoms with Crippen molar-refractivity contribution in [1.29, 1.82) is 0 Å². The lowest BCUT2D eigenvalue weighted by molar-refractivity contribution is -0.161. The van der Waals surface area contributed by atoms with Gasteiger partial charge in [0, 0.05) is 20.0 Å². The van der Waals surface area contributed by atoms with Crippen LogP contribution in [0.4, 0.5) is 0 Å². The molecule has 2 unspecified atom stereocenters. The minimum Gasteiger partial charge on any atom is -0.462 e. The summed E-state index contributed by atoms with van der Waals surface area (Å²) in [5.74, 6) is -0.891. The highest BCUT2D eigenvalue weighted by Gasteiger charge is 2.24. The molecule has 9 heteroatoms. The lowest BCUT2D eigenvalue weighted by Crippen LogP contribution is -2.29. The molecule has 280 valence electrons. The molecule has 0 radical (unpaired) electrons. The van der Waals surface area contributed by atoms with Gasteiger partial charge in [-0.3, -0.25) is 18.6 Å². The molecule has 0 aliphatic heterocycles. The van der Waals surface area contributed by atoms with E-state index in [0.29, 0.717) is 12.8 Å². The van der Waals surface area contributed by atoms with Crippen LogP contribution in [0.2, 0.25) is 0 Å². The Morgan fingerprint density at radius 2 is 1.06 bits per heavy atom. The molecule has 1 N–H and O–H groups in total. The number of hydrogen-bond donors (Lipinski definition) is 1. The van der Waals surface area contributed by atoms with Gasteiger partial charge in [0.05, 0.1) is 6.61 Å². The second kappa shape index (κ2) is 35.3.